The maximum atomic E-state index is 13.1. The summed E-state index contributed by atoms with van der Waals surface area (Å²) >= 11 is 0. The van der Waals surface area contributed by atoms with Crippen LogP contribution in [0, 0.1) is 27.7 Å². The van der Waals surface area contributed by atoms with E-state index < -0.39 is 10.0 Å². The predicted octanol–water partition coefficient (Wildman–Crippen LogP) is 5.09. The van der Waals surface area contributed by atoms with Gasteiger partial charge in [-0.3, -0.25) is 0 Å². The number of benzene rings is 2. The summed E-state index contributed by atoms with van der Waals surface area (Å²) in [5, 5.41) is 0. The van der Waals surface area contributed by atoms with E-state index in [1.54, 1.807) is 26.2 Å². The molecule has 27 heavy (non-hydrogen) atoms. The van der Waals surface area contributed by atoms with Gasteiger partial charge in [-0.25, -0.2) is 13.1 Å². The largest absolute Gasteiger partial charge is 0.496 e. The van der Waals surface area contributed by atoms with E-state index in [-0.39, 0.29) is 12.0 Å². The first-order valence-electron chi connectivity index (χ1n) is 9.26. The SMILES string of the molecule is COc1cc(C)c(S(=O)(=O)N[C@H](C)c2cc(C)c(C)cc2C)cc1C(C)C. The van der Waals surface area contributed by atoms with Gasteiger partial charge in [-0.15, -0.1) is 0 Å². The first kappa shape index (κ1) is 21.5. The molecule has 1 N–H and O–H groups in total. The molecule has 0 aliphatic carbocycles. The molecule has 0 spiro atoms. The van der Waals surface area contributed by atoms with Crippen LogP contribution in [0.2, 0.25) is 0 Å². The van der Waals surface area contributed by atoms with Crippen LogP contribution in [0.4, 0.5) is 0 Å². The lowest BCUT2D eigenvalue weighted by atomic mass is 9.97. The number of hydrogen-bond donors (Lipinski definition) is 1. The Morgan fingerprint density at radius 1 is 0.815 bits per heavy atom. The summed E-state index contributed by atoms with van der Waals surface area (Å²) in [4.78, 5) is 0.306. The molecule has 0 amide bonds. The van der Waals surface area contributed by atoms with Crippen molar-refractivity contribution in [2.45, 2.75) is 65.3 Å². The van der Waals surface area contributed by atoms with Crippen LogP contribution in [0.3, 0.4) is 0 Å². The highest BCUT2D eigenvalue weighted by molar-refractivity contribution is 7.89. The third-order valence-corrected chi connectivity index (χ3v) is 6.80. The molecule has 0 aromatic heterocycles. The molecule has 0 aliphatic heterocycles. The van der Waals surface area contributed by atoms with Gasteiger partial charge in [0.05, 0.1) is 12.0 Å². The third-order valence-electron chi connectivity index (χ3n) is 5.12. The molecule has 1 atom stereocenters. The summed E-state index contributed by atoms with van der Waals surface area (Å²) in [6.07, 6.45) is 0. The Morgan fingerprint density at radius 2 is 1.41 bits per heavy atom. The van der Waals surface area contributed by atoms with Crippen molar-refractivity contribution in [1.82, 2.24) is 4.72 Å². The highest BCUT2D eigenvalue weighted by Crippen LogP contribution is 2.32. The first-order chi connectivity index (χ1) is 12.5. The fourth-order valence-corrected chi connectivity index (χ4v) is 4.89. The Bertz CT molecular complexity index is 947. The molecule has 0 unspecified atom stereocenters. The molecular weight excluding hydrogens is 358 g/mol. The van der Waals surface area contributed by atoms with Gasteiger partial charge in [-0.1, -0.05) is 26.0 Å². The Morgan fingerprint density at radius 3 is 1.96 bits per heavy atom. The number of sulfonamides is 1. The van der Waals surface area contributed by atoms with Crippen molar-refractivity contribution in [1.29, 1.82) is 0 Å². The number of aryl methyl sites for hydroxylation is 4. The van der Waals surface area contributed by atoms with Gasteiger partial charge in [0, 0.05) is 6.04 Å². The van der Waals surface area contributed by atoms with Crippen molar-refractivity contribution >= 4 is 10.0 Å². The Labute approximate surface area is 164 Å². The number of nitrogens with one attached hydrogen (secondary N) is 1. The van der Waals surface area contributed by atoms with Crippen LogP contribution < -0.4 is 9.46 Å². The van der Waals surface area contributed by atoms with Crippen LogP contribution in [0.5, 0.6) is 5.75 Å². The van der Waals surface area contributed by atoms with Crippen molar-refractivity contribution < 1.29 is 13.2 Å². The normalized spacial score (nSPS) is 13.1. The molecule has 0 saturated carbocycles. The second kappa shape index (κ2) is 8.03. The van der Waals surface area contributed by atoms with Crippen LogP contribution in [-0.2, 0) is 10.0 Å². The van der Waals surface area contributed by atoms with Gasteiger partial charge in [0.1, 0.15) is 5.75 Å². The van der Waals surface area contributed by atoms with Gasteiger partial charge in [0.15, 0.2) is 0 Å². The van der Waals surface area contributed by atoms with E-state index in [9.17, 15) is 8.42 Å². The molecule has 0 saturated heterocycles. The molecule has 2 rings (SSSR count). The third kappa shape index (κ3) is 4.53. The predicted molar refractivity (Wildman–Crippen MR) is 111 cm³/mol. The van der Waals surface area contributed by atoms with E-state index >= 15 is 0 Å². The second-order valence-corrected chi connectivity index (χ2v) is 9.33. The maximum absolute atomic E-state index is 13.1. The summed E-state index contributed by atoms with van der Waals surface area (Å²) < 4.78 is 34.5. The fourth-order valence-electron chi connectivity index (χ4n) is 3.40. The molecule has 2 aromatic carbocycles. The summed E-state index contributed by atoms with van der Waals surface area (Å²) in [6.45, 7) is 13.9. The summed E-state index contributed by atoms with van der Waals surface area (Å²) in [5.41, 5.74) is 6.01. The van der Waals surface area contributed by atoms with Gasteiger partial charge in [-0.2, -0.15) is 0 Å². The molecule has 0 radical (unpaired) electrons. The molecular formula is C22H31NO3S. The van der Waals surface area contributed by atoms with Gasteiger partial charge in [-0.05, 0) is 86.1 Å². The van der Waals surface area contributed by atoms with E-state index in [4.69, 9.17) is 4.74 Å². The van der Waals surface area contributed by atoms with Crippen LogP contribution in [0.25, 0.3) is 0 Å². The zero-order valence-corrected chi connectivity index (χ0v) is 18.4. The minimum absolute atomic E-state index is 0.161. The zero-order valence-electron chi connectivity index (χ0n) is 17.6. The van der Waals surface area contributed by atoms with Gasteiger partial charge >= 0.3 is 0 Å². The maximum Gasteiger partial charge on any atom is 0.241 e. The molecule has 148 valence electrons. The van der Waals surface area contributed by atoms with Crippen LogP contribution in [-0.4, -0.2) is 15.5 Å². The van der Waals surface area contributed by atoms with E-state index in [2.05, 4.69) is 23.8 Å². The monoisotopic (exact) mass is 389 g/mol. The fraction of sp³-hybridized carbons (Fsp3) is 0.455. The second-order valence-electron chi connectivity index (χ2n) is 7.65. The summed E-state index contributed by atoms with van der Waals surface area (Å²) in [7, 11) is -2.06. The van der Waals surface area contributed by atoms with Crippen LogP contribution >= 0.6 is 0 Å². The molecule has 4 nitrogen and oxygen atoms in total. The van der Waals surface area contributed by atoms with Crippen LogP contribution in [0.1, 0.15) is 66.1 Å². The summed E-state index contributed by atoms with van der Waals surface area (Å²) in [6, 6.07) is 7.39. The summed E-state index contributed by atoms with van der Waals surface area (Å²) in [5.74, 6) is 0.883. The molecule has 5 heteroatoms. The molecule has 0 fully saturated rings. The van der Waals surface area contributed by atoms with Crippen molar-refractivity contribution in [3.05, 3.63) is 57.6 Å². The van der Waals surface area contributed by atoms with E-state index in [1.807, 2.05) is 34.6 Å². The minimum Gasteiger partial charge on any atom is -0.496 e. The lowest BCUT2D eigenvalue weighted by Crippen LogP contribution is -2.28. The topological polar surface area (TPSA) is 55.4 Å². The van der Waals surface area contributed by atoms with Crippen molar-refractivity contribution in [3.8, 4) is 5.75 Å². The van der Waals surface area contributed by atoms with Gasteiger partial charge in [0.2, 0.25) is 10.0 Å². The van der Waals surface area contributed by atoms with Crippen molar-refractivity contribution in [3.63, 3.8) is 0 Å². The van der Waals surface area contributed by atoms with Crippen molar-refractivity contribution in [2.24, 2.45) is 0 Å². The minimum atomic E-state index is -3.66. The number of methoxy groups -OCH3 is 1. The Kier molecular flexibility index (Phi) is 6.38. The molecule has 2 aromatic rings. The van der Waals surface area contributed by atoms with E-state index in [1.165, 1.54) is 5.56 Å². The first-order valence-corrected chi connectivity index (χ1v) is 10.7. The van der Waals surface area contributed by atoms with E-state index in [0.29, 0.717) is 10.5 Å². The highest BCUT2D eigenvalue weighted by Gasteiger charge is 2.24. The average Bonchev–Trinajstić information content (AvgIpc) is 2.56. The Hall–Kier alpha value is -1.85. The van der Waals surface area contributed by atoms with E-state index in [0.717, 1.165) is 28.0 Å². The smallest absolute Gasteiger partial charge is 0.241 e. The number of hydrogen-bond acceptors (Lipinski definition) is 3. The van der Waals surface area contributed by atoms with Crippen molar-refractivity contribution in [2.75, 3.05) is 7.11 Å². The lowest BCUT2D eigenvalue weighted by Gasteiger charge is -2.21. The number of rotatable bonds is 6. The quantitative estimate of drug-likeness (QED) is 0.748. The standard InChI is InChI=1S/C22H31NO3S/c1-13(2)19-12-22(17(6)11-21(19)26-8)27(24,25)23-18(7)20-10-15(4)14(3)9-16(20)5/h9-13,18,23H,1-8H3/t18-/m1/s1. The Balaban J connectivity index is 2.45. The van der Waals surface area contributed by atoms with Gasteiger partial charge in [0.25, 0.3) is 0 Å². The van der Waals surface area contributed by atoms with Gasteiger partial charge < -0.3 is 4.74 Å². The average molecular weight is 390 g/mol. The highest BCUT2D eigenvalue weighted by atomic mass is 32.2. The molecule has 0 aliphatic rings. The molecule has 0 bridgehead atoms. The zero-order chi connectivity index (χ0) is 20.5. The van der Waals surface area contributed by atoms with Crippen LogP contribution in [0.15, 0.2) is 29.2 Å². The number of ether oxygens (including phenoxy) is 1. The lowest BCUT2D eigenvalue weighted by molar-refractivity contribution is 0.406. The molecule has 0 heterocycles.